The summed E-state index contributed by atoms with van der Waals surface area (Å²) in [6.07, 6.45) is 11.4. The Morgan fingerprint density at radius 1 is 1.27 bits per heavy atom. The minimum absolute atomic E-state index is 0.00332. The fourth-order valence-corrected chi connectivity index (χ4v) is 4.28. The Kier molecular flexibility index (Phi) is 4.50. The zero-order chi connectivity index (χ0) is 20.7. The minimum atomic E-state index is -0.342. The van der Waals surface area contributed by atoms with Gasteiger partial charge < -0.3 is 4.90 Å². The summed E-state index contributed by atoms with van der Waals surface area (Å²) in [5.74, 6) is 6.08. The SMILES string of the molecule is CC1(C#CC(=O)c2cnn3ccc(N4CCCC4c4cncc(F)c4)nc23)CCC1. The van der Waals surface area contributed by atoms with E-state index in [1.807, 2.05) is 6.07 Å². The van der Waals surface area contributed by atoms with Crippen molar-refractivity contribution < 1.29 is 9.18 Å². The van der Waals surface area contributed by atoms with E-state index in [1.165, 1.54) is 24.9 Å². The minimum Gasteiger partial charge on any atom is -0.349 e. The fourth-order valence-electron chi connectivity index (χ4n) is 4.28. The Balaban J connectivity index is 1.47. The number of hydrogen-bond donors (Lipinski definition) is 0. The lowest BCUT2D eigenvalue weighted by Gasteiger charge is -2.32. The molecule has 0 bridgehead atoms. The number of nitrogens with zero attached hydrogens (tertiary/aromatic N) is 5. The van der Waals surface area contributed by atoms with Gasteiger partial charge in [0.25, 0.3) is 0 Å². The van der Waals surface area contributed by atoms with Gasteiger partial charge in [-0.1, -0.05) is 12.3 Å². The Labute approximate surface area is 174 Å². The van der Waals surface area contributed by atoms with Crippen LogP contribution in [0.2, 0.25) is 0 Å². The standard InChI is InChI=1S/C23H22FN5O/c1-23(7-3-8-23)9-5-20(30)18-15-26-29-11-6-21(27-22(18)29)28-10-2-4-19(28)16-12-17(24)14-25-13-16/h6,11-15,19H,2-4,7-8,10H2,1H3. The van der Waals surface area contributed by atoms with E-state index in [0.29, 0.717) is 11.2 Å². The number of carbonyl (C=O) groups is 1. The van der Waals surface area contributed by atoms with E-state index in [9.17, 15) is 9.18 Å². The third-order valence-electron chi connectivity index (χ3n) is 6.19. The maximum atomic E-state index is 13.7. The third kappa shape index (κ3) is 3.32. The van der Waals surface area contributed by atoms with Gasteiger partial charge in [0.15, 0.2) is 5.65 Å². The summed E-state index contributed by atoms with van der Waals surface area (Å²) in [5, 5.41) is 4.26. The smallest absolute Gasteiger partial charge is 0.241 e. The van der Waals surface area contributed by atoms with Crippen molar-refractivity contribution in [2.24, 2.45) is 5.41 Å². The predicted molar refractivity (Wildman–Crippen MR) is 111 cm³/mol. The van der Waals surface area contributed by atoms with Gasteiger partial charge in [0, 0.05) is 24.4 Å². The summed E-state index contributed by atoms with van der Waals surface area (Å²) < 4.78 is 15.3. The monoisotopic (exact) mass is 403 g/mol. The molecule has 1 atom stereocenters. The lowest BCUT2D eigenvalue weighted by molar-refractivity contribution is 0.105. The Bertz CT molecular complexity index is 1190. The van der Waals surface area contributed by atoms with Crippen LogP contribution >= 0.6 is 0 Å². The molecule has 0 N–H and O–H groups in total. The van der Waals surface area contributed by atoms with Crippen molar-refractivity contribution in [2.75, 3.05) is 11.4 Å². The van der Waals surface area contributed by atoms with Crippen molar-refractivity contribution in [2.45, 2.75) is 45.1 Å². The van der Waals surface area contributed by atoms with Gasteiger partial charge in [0.1, 0.15) is 11.6 Å². The molecular weight excluding hydrogens is 381 g/mol. The predicted octanol–water partition coefficient (Wildman–Crippen LogP) is 3.98. The van der Waals surface area contributed by atoms with E-state index in [1.54, 1.807) is 16.9 Å². The highest BCUT2D eigenvalue weighted by Gasteiger charge is 2.30. The summed E-state index contributed by atoms with van der Waals surface area (Å²) >= 11 is 0. The Morgan fingerprint density at radius 3 is 2.90 bits per heavy atom. The van der Waals surface area contributed by atoms with E-state index in [2.05, 4.69) is 33.7 Å². The first-order valence-electron chi connectivity index (χ1n) is 10.3. The van der Waals surface area contributed by atoms with Crippen molar-refractivity contribution in [1.82, 2.24) is 19.6 Å². The van der Waals surface area contributed by atoms with Gasteiger partial charge >= 0.3 is 0 Å². The van der Waals surface area contributed by atoms with Crippen molar-refractivity contribution in [3.63, 3.8) is 0 Å². The molecule has 5 rings (SSSR count). The highest BCUT2D eigenvalue weighted by Crippen LogP contribution is 2.39. The molecule has 0 aromatic carbocycles. The van der Waals surface area contributed by atoms with Crippen LogP contribution in [-0.4, -0.2) is 31.9 Å². The molecular formula is C23H22FN5O. The molecule has 1 saturated heterocycles. The molecule has 3 aromatic rings. The molecule has 7 heteroatoms. The largest absolute Gasteiger partial charge is 0.349 e. The van der Waals surface area contributed by atoms with Crippen LogP contribution in [0.3, 0.4) is 0 Å². The number of ketones is 1. The maximum absolute atomic E-state index is 13.7. The highest BCUT2D eigenvalue weighted by molar-refractivity contribution is 6.12. The number of pyridine rings is 1. The van der Waals surface area contributed by atoms with Crippen molar-refractivity contribution in [1.29, 1.82) is 0 Å². The van der Waals surface area contributed by atoms with Crippen LogP contribution in [0, 0.1) is 23.1 Å². The second kappa shape index (κ2) is 7.21. The lowest BCUT2D eigenvalue weighted by Crippen LogP contribution is -2.24. The molecule has 4 heterocycles. The first kappa shape index (κ1) is 18.7. The topological polar surface area (TPSA) is 63.4 Å². The number of aromatic nitrogens is 4. The zero-order valence-electron chi connectivity index (χ0n) is 16.8. The van der Waals surface area contributed by atoms with E-state index < -0.39 is 0 Å². The van der Waals surface area contributed by atoms with Gasteiger partial charge in [-0.25, -0.2) is 13.9 Å². The molecule has 0 spiro atoms. The molecule has 30 heavy (non-hydrogen) atoms. The van der Waals surface area contributed by atoms with Crippen LogP contribution in [0.1, 0.15) is 61.0 Å². The van der Waals surface area contributed by atoms with E-state index >= 15 is 0 Å². The van der Waals surface area contributed by atoms with Crippen LogP contribution in [0.15, 0.2) is 36.9 Å². The number of rotatable bonds is 3. The second-order valence-corrected chi connectivity index (χ2v) is 8.39. The molecule has 1 unspecified atom stereocenters. The van der Waals surface area contributed by atoms with Gasteiger partial charge in [-0.05, 0) is 56.2 Å². The first-order chi connectivity index (χ1) is 14.5. The van der Waals surface area contributed by atoms with Gasteiger partial charge in [-0.2, -0.15) is 5.10 Å². The average Bonchev–Trinajstić information content (AvgIpc) is 3.37. The fraction of sp³-hybridized carbons (Fsp3) is 0.391. The van der Waals surface area contributed by atoms with Crippen LogP contribution < -0.4 is 4.90 Å². The number of halogens is 1. The normalized spacial score (nSPS) is 19.9. The lowest BCUT2D eigenvalue weighted by atomic mass is 9.71. The van der Waals surface area contributed by atoms with Crippen LogP contribution in [0.5, 0.6) is 0 Å². The molecule has 2 aliphatic rings. The first-order valence-corrected chi connectivity index (χ1v) is 10.3. The Morgan fingerprint density at radius 2 is 2.13 bits per heavy atom. The summed E-state index contributed by atoms with van der Waals surface area (Å²) in [6, 6.07) is 3.41. The van der Waals surface area contributed by atoms with Crippen LogP contribution in [-0.2, 0) is 0 Å². The zero-order valence-corrected chi connectivity index (χ0v) is 16.8. The van der Waals surface area contributed by atoms with Crippen molar-refractivity contribution in [3.05, 3.63) is 53.9 Å². The van der Waals surface area contributed by atoms with Gasteiger partial charge in [-0.15, -0.1) is 0 Å². The molecule has 1 saturated carbocycles. The molecule has 0 amide bonds. The molecule has 1 aliphatic carbocycles. The number of carbonyl (C=O) groups excluding carboxylic acids is 1. The van der Waals surface area contributed by atoms with Crippen molar-refractivity contribution in [3.8, 4) is 11.8 Å². The molecule has 1 aliphatic heterocycles. The summed E-state index contributed by atoms with van der Waals surface area (Å²) in [4.78, 5) is 23.6. The average molecular weight is 403 g/mol. The molecule has 3 aromatic heterocycles. The molecule has 6 nitrogen and oxygen atoms in total. The van der Waals surface area contributed by atoms with Crippen molar-refractivity contribution >= 4 is 17.2 Å². The van der Waals surface area contributed by atoms with Gasteiger partial charge in [0.05, 0.1) is 24.0 Å². The summed E-state index contributed by atoms with van der Waals surface area (Å²) in [5.41, 5.74) is 1.70. The summed E-state index contributed by atoms with van der Waals surface area (Å²) in [7, 11) is 0. The molecule has 0 radical (unpaired) electrons. The van der Waals surface area contributed by atoms with E-state index in [4.69, 9.17) is 4.98 Å². The van der Waals surface area contributed by atoms with Gasteiger partial charge in [0.2, 0.25) is 5.78 Å². The molecule has 2 fully saturated rings. The van der Waals surface area contributed by atoms with Crippen LogP contribution in [0.4, 0.5) is 10.2 Å². The van der Waals surface area contributed by atoms with E-state index in [-0.39, 0.29) is 23.1 Å². The second-order valence-electron chi connectivity index (χ2n) is 8.39. The number of anilines is 1. The summed E-state index contributed by atoms with van der Waals surface area (Å²) in [6.45, 7) is 2.90. The highest BCUT2D eigenvalue weighted by atomic mass is 19.1. The number of fused-ring (bicyclic) bond motifs is 1. The van der Waals surface area contributed by atoms with E-state index in [0.717, 1.165) is 43.6 Å². The number of hydrogen-bond acceptors (Lipinski definition) is 5. The van der Waals surface area contributed by atoms with Gasteiger partial charge in [-0.3, -0.25) is 9.78 Å². The third-order valence-corrected chi connectivity index (χ3v) is 6.19. The molecule has 152 valence electrons. The maximum Gasteiger partial charge on any atom is 0.241 e. The quantitative estimate of drug-likeness (QED) is 0.376. The van der Waals surface area contributed by atoms with Crippen LogP contribution in [0.25, 0.3) is 5.65 Å². The Hall–Kier alpha value is -3.27. The number of Topliss-reactive ketones (excluding diaryl/α,β-unsaturated/α-hetero) is 1.